The van der Waals surface area contributed by atoms with Gasteiger partial charge in [0.15, 0.2) is 5.16 Å². The third-order valence-electron chi connectivity index (χ3n) is 3.20. The molecule has 1 unspecified atom stereocenters. The molecular weight excluding hydrogens is 242 g/mol. The lowest BCUT2D eigenvalue weighted by Gasteiger charge is -2.17. The van der Waals surface area contributed by atoms with Crippen LogP contribution in [0.15, 0.2) is 11.2 Å². The second-order valence-corrected chi connectivity index (χ2v) is 6.13. The summed E-state index contributed by atoms with van der Waals surface area (Å²) in [5.41, 5.74) is 2.13. The van der Waals surface area contributed by atoms with Crippen molar-refractivity contribution in [3.63, 3.8) is 0 Å². The summed E-state index contributed by atoms with van der Waals surface area (Å²) in [6.07, 6.45) is 3.97. The molecule has 0 spiro atoms. The highest BCUT2D eigenvalue weighted by Crippen LogP contribution is 2.34. The van der Waals surface area contributed by atoms with Gasteiger partial charge in [-0.15, -0.1) is 0 Å². The standard InChI is InChI=1S/C14H23N3S/c1-4-7-15-13(12-5-6-12)9-18-14-16-10(2)8-11(3)17-14/h8,12-13,15H,4-7,9H2,1-3H3. The van der Waals surface area contributed by atoms with Gasteiger partial charge in [-0.1, -0.05) is 18.7 Å². The molecule has 4 heteroatoms. The fourth-order valence-electron chi connectivity index (χ4n) is 2.11. The molecule has 100 valence electrons. The van der Waals surface area contributed by atoms with Gasteiger partial charge in [0.2, 0.25) is 0 Å². The molecule has 1 aliphatic carbocycles. The van der Waals surface area contributed by atoms with Gasteiger partial charge in [0.1, 0.15) is 0 Å². The van der Waals surface area contributed by atoms with E-state index in [9.17, 15) is 0 Å². The smallest absolute Gasteiger partial charge is 0.188 e. The summed E-state index contributed by atoms with van der Waals surface area (Å²) < 4.78 is 0. The first-order chi connectivity index (χ1) is 8.69. The molecule has 1 atom stereocenters. The lowest BCUT2D eigenvalue weighted by molar-refractivity contribution is 0.503. The van der Waals surface area contributed by atoms with Crippen molar-refractivity contribution in [1.82, 2.24) is 15.3 Å². The Morgan fingerprint density at radius 3 is 2.56 bits per heavy atom. The number of aryl methyl sites for hydroxylation is 2. The maximum Gasteiger partial charge on any atom is 0.188 e. The molecule has 18 heavy (non-hydrogen) atoms. The van der Waals surface area contributed by atoms with Crippen LogP contribution in [0.3, 0.4) is 0 Å². The molecule has 0 aromatic carbocycles. The third-order valence-corrected chi connectivity index (χ3v) is 4.17. The fraction of sp³-hybridized carbons (Fsp3) is 0.714. The van der Waals surface area contributed by atoms with Crippen LogP contribution in [0.2, 0.25) is 0 Å². The van der Waals surface area contributed by atoms with Gasteiger partial charge in [0.25, 0.3) is 0 Å². The fourth-order valence-corrected chi connectivity index (χ4v) is 3.25. The Kier molecular flexibility index (Phi) is 5.01. The van der Waals surface area contributed by atoms with Crippen molar-refractivity contribution in [2.45, 2.75) is 51.2 Å². The van der Waals surface area contributed by atoms with E-state index < -0.39 is 0 Å². The minimum Gasteiger partial charge on any atom is -0.313 e. The summed E-state index contributed by atoms with van der Waals surface area (Å²) >= 11 is 1.79. The largest absolute Gasteiger partial charge is 0.313 e. The monoisotopic (exact) mass is 265 g/mol. The Hall–Kier alpha value is -0.610. The molecule has 0 bridgehead atoms. The van der Waals surface area contributed by atoms with Gasteiger partial charge in [-0.05, 0) is 51.6 Å². The first-order valence-corrected chi connectivity index (χ1v) is 7.86. The summed E-state index contributed by atoms with van der Waals surface area (Å²) in [6.45, 7) is 7.41. The first-order valence-electron chi connectivity index (χ1n) is 6.87. The summed E-state index contributed by atoms with van der Waals surface area (Å²) in [5.74, 6) is 1.98. The van der Waals surface area contributed by atoms with E-state index >= 15 is 0 Å². The van der Waals surface area contributed by atoms with Crippen molar-refractivity contribution < 1.29 is 0 Å². The Bertz CT molecular complexity index is 370. The number of hydrogen-bond donors (Lipinski definition) is 1. The average Bonchev–Trinajstić information content (AvgIpc) is 3.12. The Morgan fingerprint density at radius 1 is 1.33 bits per heavy atom. The third kappa shape index (κ3) is 4.25. The summed E-state index contributed by atoms with van der Waals surface area (Å²) in [7, 11) is 0. The number of nitrogens with one attached hydrogen (secondary N) is 1. The van der Waals surface area contributed by atoms with Gasteiger partial charge >= 0.3 is 0 Å². The zero-order valence-electron chi connectivity index (χ0n) is 11.6. The lowest BCUT2D eigenvalue weighted by atomic mass is 10.2. The van der Waals surface area contributed by atoms with E-state index in [2.05, 4.69) is 22.2 Å². The van der Waals surface area contributed by atoms with Crippen LogP contribution in [0.5, 0.6) is 0 Å². The summed E-state index contributed by atoms with van der Waals surface area (Å²) in [5, 5.41) is 4.58. The van der Waals surface area contributed by atoms with Crippen molar-refractivity contribution in [3.05, 3.63) is 17.5 Å². The quantitative estimate of drug-likeness (QED) is 0.607. The molecule has 1 aromatic rings. The zero-order chi connectivity index (χ0) is 13.0. The topological polar surface area (TPSA) is 37.8 Å². The predicted octanol–water partition coefficient (Wildman–Crippen LogP) is 2.96. The number of aromatic nitrogens is 2. The lowest BCUT2D eigenvalue weighted by Crippen LogP contribution is -2.33. The van der Waals surface area contributed by atoms with E-state index in [4.69, 9.17) is 0 Å². The van der Waals surface area contributed by atoms with Crippen molar-refractivity contribution >= 4 is 11.8 Å². The van der Waals surface area contributed by atoms with E-state index in [-0.39, 0.29) is 0 Å². The van der Waals surface area contributed by atoms with Crippen LogP contribution in [0.1, 0.15) is 37.6 Å². The van der Waals surface area contributed by atoms with Gasteiger partial charge in [0.05, 0.1) is 0 Å². The van der Waals surface area contributed by atoms with E-state index in [1.54, 1.807) is 11.8 Å². The van der Waals surface area contributed by atoms with Gasteiger partial charge in [-0.3, -0.25) is 0 Å². The maximum absolute atomic E-state index is 4.49. The van der Waals surface area contributed by atoms with Crippen molar-refractivity contribution in [3.8, 4) is 0 Å². The molecule has 1 saturated carbocycles. The van der Waals surface area contributed by atoms with Crippen LogP contribution in [-0.4, -0.2) is 28.3 Å². The normalized spacial score (nSPS) is 16.8. The van der Waals surface area contributed by atoms with Crippen LogP contribution in [0, 0.1) is 19.8 Å². The summed E-state index contributed by atoms with van der Waals surface area (Å²) in [4.78, 5) is 8.98. The van der Waals surface area contributed by atoms with Crippen molar-refractivity contribution in [2.24, 2.45) is 5.92 Å². The highest BCUT2D eigenvalue weighted by atomic mass is 32.2. The van der Waals surface area contributed by atoms with Crippen LogP contribution < -0.4 is 5.32 Å². The molecule has 1 heterocycles. The van der Waals surface area contributed by atoms with E-state index in [1.165, 1.54) is 19.3 Å². The summed E-state index contributed by atoms with van der Waals surface area (Å²) in [6, 6.07) is 2.66. The van der Waals surface area contributed by atoms with E-state index in [1.807, 2.05) is 19.9 Å². The van der Waals surface area contributed by atoms with Crippen molar-refractivity contribution in [1.29, 1.82) is 0 Å². The van der Waals surface area contributed by atoms with Crippen LogP contribution >= 0.6 is 11.8 Å². The average molecular weight is 265 g/mol. The number of nitrogens with zero attached hydrogens (tertiary/aromatic N) is 2. The molecule has 1 aliphatic rings. The second-order valence-electron chi connectivity index (χ2n) is 5.14. The minimum absolute atomic E-state index is 0.638. The molecule has 0 radical (unpaired) electrons. The number of hydrogen-bond acceptors (Lipinski definition) is 4. The van der Waals surface area contributed by atoms with E-state index in [0.717, 1.165) is 34.8 Å². The SMILES string of the molecule is CCCNC(CSc1nc(C)cc(C)n1)C1CC1. The molecular formula is C14H23N3S. The zero-order valence-corrected chi connectivity index (χ0v) is 12.4. The second kappa shape index (κ2) is 6.53. The highest BCUT2D eigenvalue weighted by molar-refractivity contribution is 7.99. The number of rotatable bonds is 7. The van der Waals surface area contributed by atoms with Gasteiger partial charge in [-0.2, -0.15) is 0 Å². The molecule has 1 aromatic heterocycles. The van der Waals surface area contributed by atoms with E-state index in [0.29, 0.717) is 6.04 Å². The predicted molar refractivity (Wildman–Crippen MR) is 77.0 cm³/mol. The molecule has 0 amide bonds. The van der Waals surface area contributed by atoms with Gasteiger partial charge in [-0.25, -0.2) is 9.97 Å². The maximum atomic E-state index is 4.49. The van der Waals surface area contributed by atoms with Crippen LogP contribution in [-0.2, 0) is 0 Å². The molecule has 0 aliphatic heterocycles. The molecule has 3 nitrogen and oxygen atoms in total. The van der Waals surface area contributed by atoms with Gasteiger partial charge < -0.3 is 5.32 Å². The molecule has 1 N–H and O–H groups in total. The number of thioether (sulfide) groups is 1. The first kappa shape index (κ1) is 13.8. The van der Waals surface area contributed by atoms with Crippen LogP contribution in [0.25, 0.3) is 0 Å². The Labute approximate surface area is 114 Å². The van der Waals surface area contributed by atoms with Gasteiger partial charge in [0, 0.05) is 23.2 Å². The molecule has 2 rings (SSSR count). The van der Waals surface area contributed by atoms with Crippen LogP contribution in [0.4, 0.5) is 0 Å². The molecule has 0 saturated heterocycles. The Morgan fingerprint density at radius 2 is 2.00 bits per heavy atom. The molecule has 1 fully saturated rings. The minimum atomic E-state index is 0.638. The Balaban J connectivity index is 1.87. The highest BCUT2D eigenvalue weighted by Gasteiger charge is 2.30. The van der Waals surface area contributed by atoms with Crippen molar-refractivity contribution in [2.75, 3.05) is 12.3 Å².